The summed E-state index contributed by atoms with van der Waals surface area (Å²) in [6.07, 6.45) is 6.44. The van der Waals surface area contributed by atoms with Crippen molar-refractivity contribution in [2.75, 3.05) is 12.9 Å². The summed E-state index contributed by atoms with van der Waals surface area (Å²) in [4.78, 5) is 11.7. The molecule has 0 radical (unpaired) electrons. The predicted molar refractivity (Wildman–Crippen MR) is 88.3 cm³/mol. The zero-order chi connectivity index (χ0) is 15.9. The van der Waals surface area contributed by atoms with Gasteiger partial charge in [-0.3, -0.25) is 9.00 Å². The van der Waals surface area contributed by atoms with Gasteiger partial charge >= 0.3 is 0 Å². The number of amides is 1. The van der Waals surface area contributed by atoms with Crippen LogP contribution in [0.2, 0.25) is 0 Å². The van der Waals surface area contributed by atoms with Gasteiger partial charge in [0.1, 0.15) is 5.75 Å². The Kier molecular flexibility index (Phi) is 5.66. The van der Waals surface area contributed by atoms with Crippen LogP contribution in [0.1, 0.15) is 18.4 Å². The summed E-state index contributed by atoms with van der Waals surface area (Å²) in [6.45, 7) is 3.60. The standard InChI is InChI=1S/C16H18N2O3S/c1-3-10-22(20)15-8-5-12(11-14(15)21-2)4-6-13-7-9-16(19)18-17-13/h3-6,8,11H,1,7,9-10H2,2H3,(H,18,19). The molecule has 116 valence electrons. The van der Waals surface area contributed by atoms with E-state index in [-0.39, 0.29) is 5.91 Å². The highest BCUT2D eigenvalue weighted by atomic mass is 32.2. The number of ether oxygens (including phenoxy) is 1. The fraction of sp³-hybridized carbons (Fsp3) is 0.250. The number of carbonyl (C=O) groups is 1. The van der Waals surface area contributed by atoms with Crippen molar-refractivity contribution in [2.45, 2.75) is 17.7 Å². The van der Waals surface area contributed by atoms with Gasteiger partial charge in [0.15, 0.2) is 0 Å². The van der Waals surface area contributed by atoms with Crippen molar-refractivity contribution >= 4 is 28.5 Å². The Morgan fingerprint density at radius 1 is 1.41 bits per heavy atom. The van der Waals surface area contributed by atoms with Crippen molar-refractivity contribution < 1.29 is 13.7 Å². The maximum absolute atomic E-state index is 12.1. The van der Waals surface area contributed by atoms with Crippen LogP contribution in [0.4, 0.5) is 0 Å². The predicted octanol–water partition coefficient (Wildman–Crippen LogP) is 2.27. The summed E-state index contributed by atoms with van der Waals surface area (Å²) in [6, 6.07) is 5.49. The van der Waals surface area contributed by atoms with Gasteiger partial charge in [-0.1, -0.05) is 18.2 Å². The number of rotatable bonds is 6. The summed E-state index contributed by atoms with van der Waals surface area (Å²) < 4.78 is 17.4. The monoisotopic (exact) mass is 318 g/mol. The molecular weight excluding hydrogens is 300 g/mol. The number of benzene rings is 1. The maximum Gasteiger partial charge on any atom is 0.240 e. The summed E-state index contributed by atoms with van der Waals surface area (Å²) in [5.74, 6) is 0.913. The first-order valence-corrected chi connectivity index (χ1v) is 8.16. The highest BCUT2D eigenvalue weighted by molar-refractivity contribution is 7.85. The molecule has 22 heavy (non-hydrogen) atoms. The molecule has 1 aromatic carbocycles. The van der Waals surface area contributed by atoms with Crippen LogP contribution in [0.25, 0.3) is 6.08 Å². The number of hydrogen-bond donors (Lipinski definition) is 1. The molecular formula is C16H18N2O3S. The third-order valence-electron chi connectivity index (χ3n) is 3.10. The van der Waals surface area contributed by atoms with Gasteiger partial charge in [-0.2, -0.15) is 5.10 Å². The van der Waals surface area contributed by atoms with Crippen molar-refractivity contribution in [1.29, 1.82) is 0 Å². The Morgan fingerprint density at radius 3 is 2.86 bits per heavy atom. The van der Waals surface area contributed by atoms with Crippen LogP contribution < -0.4 is 10.2 Å². The van der Waals surface area contributed by atoms with Crippen LogP contribution in [0.15, 0.2) is 46.9 Å². The van der Waals surface area contributed by atoms with Crippen LogP contribution in [0, 0.1) is 0 Å². The normalized spacial score (nSPS) is 16.0. The topological polar surface area (TPSA) is 67.8 Å². The second-order valence-corrected chi connectivity index (χ2v) is 6.15. The van der Waals surface area contributed by atoms with Gasteiger partial charge in [0, 0.05) is 18.6 Å². The molecule has 2 rings (SSSR count). The number of hydrogen-bond acceptors (Lipinski definition) is 4. The third-order valence-corrected chi connectivity index (χ3v) is 4.47. The minimum absolute atomic E-state index is 0.0622. The molecule has 1 aliphatic heterocycles. The number of hydrazone groups is 1. The van der Waals surface area contributed by atoms with Crippen LogP contribution >= 0.6 is 0 Å². The second kappa shape index (κ2) is 7.70. The van der Waals surface area contributed by atoms with Crippen molar-refractivity contribution in [1.82, 2.24) is 5.43 Å². The van der Waals surface area contributed by atoms with Crippen molar-refractivity contribution in [3.05, 3.63) is 42.5 Å². The molecule has 0 saturated carbocycles. The van der Waals surface area contributed by atoms with E-state index >= 15 is 0 Å². The minimum atomic E-state index is -1.15. The van der Waals surface area contributed by atoms with E-state index in [1.807, 2.05) is 24.3 Å². The minimum Gasteiger partial charge on any atom is -0.495 e. The van der Waals surface area contributed by atoms with Gasteiger partial charge < -0.3 is 4.74 Å². The molecule has 1 aromatic rings. The molecule has 0 saturated heterocycles. The Hall–Kier alpha value is -2.21. The molecule has 0 spiro atoms. The summed E-state index contributed by atoms with van der Waals surface area (Å²) >= 11 is 0. The van der Waals surface area contributed by atoms with E-state index in [0.717, 1.165) is 11.3 Å². The van der Waals surface area contributed by atoms with E-state index in [2.05, 4.69) is 17.1 Å². The first-order valence-electron chi connectivity index (χ1n) is 6.85. The van der Waals surface area contributed by atoms with Crippen LogP contribution in [0.3, 0.4) is 0 Å². The Balaban J connectivity index is 2.17. The average Bonchev–Trinajstić information content (AvgIpc) is 2.54. The van der Waals surface area contributed by atoms with E-state index in [1.165, 1.54) is 0 Å². The number of methoxy groups -OCH3 is 1. The lowest BCUT2D eigenvalue weighted by atomic mass is 10.1. The maximum atomic E-state index is 12.1. The molecule has 1 aliphatic rings. The Labute approximate surface area is 132 Å². The Morgan fingerprint density at radius 2 is 2.23 bits per heavy atom. The fourth-order valence-electron chi connectivity index (χ4n) is 1.97. The molecule has 0 bridgehead atoms. The molecule has 1 unspecified atom stereocenters. The van der Waals surface area contributed by atoms with E-state index in [1.54, 1.807) is 19.3 Å². The molecule has 1 heterocycles. The smallest absolute Gasteiger partial charge is 0.240 e. The fourth-order valence-corrected chi connectivity index (χ4v) is 2.95. The van der Waals surface area contributed by atoms with Gasteiger partial charge in [0.2, 0.25) is 5.91 Å². The van der Waals surface area contributed by atoms with Crippen LogP contribution in [-0.2, 0) is 15.6 Å². The molecule has 1 atom stereocenters. The molecule has 1 N–H and O–H groups in total. The number of allylic oxidation sites excluding steroid dienone is 1. The summed E-state index contributed by atoms with van der Waals surface area (Å²) in [7, 11) is 0.400. The number of carbonyl (C=O) groups excluding carboxylic acids is 1. The number of nitrogens with zero attached hydrogens (tertiary/aromatic N) is 1. The largest absolute Gasteiger partial charge is 0.495 e. The second-order valence-electron chi connectivity index (χ2n) is 4.68. The summed E-state index contributed by atoms with van der Waals surface area (Å²) in [5, 5.41) is 3.98. The van der Waals surface area contributed by atoms with Gasteiger partial charge in [-0.15, -0.1) is 6.58 Å². The van der Waals surface area contributed by atoms with Gasteiger partial charge in [-0.05, 0) is 23.8 Å². The lowest BCUT2D eigenvalue weighted by Gasteiger charge is -2.09. The molecule has 6 heteroatoms. The number of nitrogens with one attached hydrogen (secondary N) is 1. The lowest BCUT2D eigenvalue weighted by molar-refractivity contribution is -0.121. The lowest BCUT2D eigenvalue weighted by Crippen LogP contribution is -2.24. The quantitative estimate of drug-likeness (QED) is 0.818. The average molecular weight is 318 g/mol. The van der Waals surface area contributed by atoms with Crippen molar-refractivity contribution in [2.24, 2.45) is 5.10 Å². The van der Waals surface area contributed by atoms with E-state index in [4.69, 9.17) is 4.74 Å². The van der Waals surface area contributed by atoms with Crippen LogP contribution in [0.5, 0.6) is 5.75 Å². The van der Waals surface area contributed by atoms with Gasteiger partial charge in [0.25, 0.3) is 0 Å². The highest BCUT2D eigenvalue weighted by Crippen LogP contribution is 2.24. The van der Waals surface area contributed by atoms with Crippen molar-refractivity contribution in [3.63, 3.8) is 0 Å². The first-order chi connectivity index (χ1) is 10.6. The van der Waals surface area contributed by atoms with Crippen molar-refractivity contribution in [3.8, 4) is 5.75 Å². The molecule has 5 nitrogen and oxygen atoms in total. The summed E-state index contributed by atoms with van der Waals surface area (Å²) in [5.41, 5.74) is 4.18. The van der Waals surface area contributed by atoms with Crippen LogP contribution in [-0.4, -0.2) is 28.7 Å². The third kappa shape index (κ3) is 4.14. The molecule has 0 aliphatic carbocycles. The molecule has 0 fully saturated rings. The van der Waals surface area contributed by atoms with Gasteiger partial charge in [-0.25, -0.2) is 5.43 Å². The van der Waals surface area contributed by atoms with E-state index in [9.17, 15) is 9.00 Å². The van der Waals surface area contributed by atoms with E-state index in [0.29, 0.717) is 29.2 Å². The van der Waals surface area contributed by atoms with Gasteiger partial charge in [0.05, 0.1) is 28.5 Å². The SMILES string of the molecule is C=CCS(=O)c1ccc(C=CC2=NNC(=O)CC2)cc1OC. The Bertz CT molecular complexity index is 665. The van der Waals surface area contributed by atoms with E-state index < -0.39 is 10.8 Å². The first kappa shape index (κ1) is 16.2. The molecule has 0 aromatic heterocycles. The zero-order valence-corrected chi connectivity index (χ0v) is 13.2. The molecule has 1 amide bonds. The highest BCUT2D eigenvalue weighted by Gasteiger charge is 2.11. The zero-order valence-electron chi connectivity index (χ0n) is 12.4.